The van der Waals surface area contributed by atoms with Gasteiger partial charge in [-0.2, -0.15) is 0 Å². The molecule has 1 atom stereocenters. The minimum absolute atomic E-state index is 0.102. The number of benzene rings is 2. The summed E-state index contributed by atoms with van der Waals surface area (Å²) in [6.07, 6.45) is -0.926. The molecule has 7 heteroatoms. The molecular formula is C18H24N2O4S. The van der Waals surface area contributed by atoms with Crippen LogP contribution in [0.3, 0.4) is 0 Å². The lowest BCUT2D eigenvalue weighted by molar-refractivity contribution is 0.182. The van der Waals surface area contributed by atoms with Gasteiger partial charge in [0.25, 0.3) is 0 Å². The van der Waals surface area contributed by atoms with E-state index in [0.717, 1.165) is 5.69 Å². The van der Waals surface area contributed by atoms with Gasteiger partial charge in [0.05, 0.1) is 18.1 Å². The second-order valence-corrected chi connectivity index (χ2v) is 7.72. The average Bonchev–Trinajstić information content (AvgIpc) is 2.59. The summed E-state index contributed by atoms with van der Waals surface area (Å²) < 4.78 is 32.5. The zero-order valence-corrected chi connectivity index (χ0v) is 15.7. The monoisotopic (exact) mass is 364 g/mol. The standard InChI is InChI=1S/C18H24N2O4S/c1-13-11-16(24-4)9-10-18(13)25(22,23)19-12-17(21)14-5-7-15(8-6-14)20(2)3/h5-11,17,19,21H,12H2,1-4H3. The minimum Gasteiger partial charge on any atom is -0.497 e. The molecule has 0 saturated carbocycles. The van der Waals surface area contributed by atoms with E-state index >= 15 is 0 Å². The SMILES string of the molecule is COc1ccc(S(=O)(=O)NCC(O)c2ccc(N(C)C)cc2)c(C)c1. The van der Waals surface area contributed by atoms with Gasteiger partial charge in [0, 0.05) is 26.3 Å². The maximum Gasteiger partial charge on any atom is 0.240 e. The Hall–Kier alpha value is -2.09. The quantitative estimate of drug-likeness (QED) is 0.786. The molecule has 0 amide bonds. The Balaban J connectivity index is 2.08. The molecule has 136 valence electrons. The van der Waals surface area contributed by atoms with Crippen molar-refractivity contribution >= 4 is 15.7 Å². The number of hydrogen-bond acceptors (Lipinski definition) is 5. The molecule has 2 rings (SSSR count). The first-order valence-electron chi connectivity index (χ1n) is 7.84. The van der Waals surface area contributed by atoms with Crippen LogP contribution in [0.4, 0.5) is 5.69 Å². The van der Waals surface area contributed by atoms with Crippen LogP contribution in [0, 0.1) is 6.92 Å². The maximum atomic E-state index is 12.5. The van der Waals surface area contributed by atoms with E-state index in [4.69, 9.17) is 4.74 Å². The van der Waals surface area contributed by atoms with Gasteiger partial charge in [-0.3, -0.25) is 0 Å². The maximum absolute atomic E-state index is 12.5. The highest BCUT2D eigenvalue weighted by Gasteiger charge is 2.19. The number of rotatable bonds is 7. The Kier molecular flexibility index (Phi) is 6.05. The number of aliphatic hydroxyl groups excluding tert-OH is 1. The summed E-state index contributed by atoms with van der Waals surface area (Å²) in [5.74, 6) is 0.595. The van der Waals surface area contributed by atoms with Crippen molar-refractivity contribution in [2.24, 2.45) is 0 Å². The zero-order valence-electron chi connectivity index (χ0n) is 14.9. The van der Waals surface area contributed by atoms with Crippen LogP contribution in [0.1, 0.15) is 17.2 Å². The van der Waals surface area contributed by atoms with Crippen LogP contribution in [-0.4, -0.2) is 41.3 Å². The second kappa shape index (κ2) is 7.86. The lowest BCUT2D eigenvalue weighted by Crippen LogP contribution is -2.29. The van der Waals surface area contributed by atoms with Crippen LogP contribution in [0.15, 0.2) is 47.4 Å². The summed E-state index contributed by atoms with van der Waals surface area (Å²) in [4.78, 5) is 2.12. The lowest BCUT2D eigenvalue weighted by Gasteiger charge is -2.16. The fraction of sp³-hybridized carbons (Fsp3) is 0.333. The summed E-state index contributed by atoms with van der Waals surface area (Å²) >= 11 is 0. The number of ether oxygens (including phenoxy) is 1. The Morgan fingerprint density at radius 3 is 2.32 bits per heavy atom. The first-order valence-corrected chi connectivity index (χ1v) is 9.32. The molecule has 0 radical (unpaired) electrons. The fourth-order valence-electron chi connectivity index (χ4n) is 2.43. The average molecular weight is 364 g/mol. The molecule has 25 heavy (non-hydrogen) atoms. The topological polar surface area (TPSA) is 78.9 Å². The Morgan fingerprint density at radius 2 is 1.80 bits per heavy atom. The van der Waals surface area contributed by atoms with Gasteiger partial charge >= 0.3 is 0 Å². The zero-order chi connectivity index (χ0) is 18.6. The summed E-state index contributed by atoms with van der Waals surface area (Å²) in [6, 6.07) is 12.1. The summed E-state index contributed by atoms with van der Waals surface area (Å²) in [5, 5.41) is 10.3. The van der Waals surface area contributed by atoms with Crippen molar-refractivity contribution < 1.29 is 18.3 Å². The number of anilines is 1. The van der Waals surface area contributed by atoms with Crippen LogP contribution in [0.25, 0.3) is 0 Å². The number of aliphatic hydroxyl groups is 1. The summed E-state index contributed by atoms with van der Waals surface area (Å²) in [5.41, 5.74) is 2.24. The minimum atomic E-state index is -3.71. The van der Waals surface area contributed by atoms with E-state index in [-0.39, 0.29) is 11.4 Å². The molecule has 0 spiro atoms. The van der Waals surface area contributed by atoms with E-state index in [9.17, 15) is 13.5 Å². The molecular weight excluding hydrogens is 340 g/mol. The molecule has 0 heterocycles. The summed E-state index contributed by atoms with van der Waals surface area (Å²) in [6.45, 7) is 1.60. The number of nitrogens with one attached hydrogen (secondary N) is 1. The predicted molar refractivity (Wildman–Crippen MR) is 98.6 cm³/mol. The third-order valence-electron chi connectivity index (χ3n) is 3.93. The molecule has 2 N–H and O–H groups in total. The summed E-state index contributed by atoms with van der Waals surface area (Å²) in [7, 11) is 1.67. The van der Waals surface area contributed by atoms with Crippen molar-refractivity contribution in [3.05, 3.63) is 53.6 Å². The van der Waals surface area contributed by atoms with Gasteiger partial charge in [0.1, 0.15) is 5.75 Å². The van der Waals surface area contributed by atoms with Crippen molar-refractivity contribution in [2.45, 2.75) is 17.9 Å². The van der Waals surface area contributed by atoms with E-state index in [2.05, 4.69) is 4.72 Å². The lowest BCUT2D eigenvalue weighted by atomic mass is 10.1. The van der Waals surface area contributed by atoms with Gasteiger partial charge in [0.15, 0.2) is 0 Å². The van der Waals surface area contributed by atoms with Crippen molar-refractivity contribution in [1.29, 1.82) is 0 Å². The molecule has 2 aromatic carbocycles. The van der Waals surface area contributed by atoms with E-state index in [1.165, 1.54) is 13.2 Å². The molecule has 0 saturated heterocycles. The van der Waals surface area contributed by atoms with Crippen LogP contribution < -0.4 is 14.4 Å². The van der Waals surface area contributed by atoms with Gasteiger partial charge < -0.3 is 14.7 Å². The van der Waals surface area contributed by atoms with Gasteiger partial charge in [-0.05, 0) is 48.4 Å². The van der Waals surface area contributed by atoms with Crippen LogP contribution >= 0.6 is 0 Å². The Labute approximate surface area is 149 Å². The van der Waals surface area contributed by atoms with E-state index in [0.29, 0.717) is 16.9 Å². The predicted octanol–water partition coefficient (Wildman–Crippen LogP) is 2.08. The van der Waals surface area contributed by atoms with Crippen molar-refractivity contribution in [1.82, 2.24) is 4.72 Å². The highest BCUT2D eigenvalue weighted by Crippen LogP contribution is 2.22. The molecule has 0 aromatic heterocycles. The van der Waals surface area contributed by atoms with Crippen LogP contribution in [-0.2, 0) is 10.0 Å². The smallest absolute Gasteiger partial charge is 0.240 e. The number of sulfonamides is 1. The van der Waals surface area contributed by atoms with E-state index in [1.807, 2.05) is 31.1 Å². The third-order valence-corrected chi connectivity index (χ3v) is 5.52. The molecule has 1 unspecified atom stereocenters. The molecule has 0 aliphatic heterocycles. The molecule has 0 fully saturated rings. The molecule has 0 aliphatic carbocycles. The first-order chi connectivity index (χ1) is 11.7. The Morgan fingerprint density at radius 1 is 1.16 bits per heavy atom. The van der Waals surface area contributed by atoms with Crippen molar-refractivity contribution in [3.63, 3.8) is 0 Å². The first kappa shape index (κ1) is 19.2. The fourth-order valence-corrected chi connectivity index (χ4v) is 3.69. The Bertz CT molecular complexity index is 817. The van der Waals surface area contributed by atoms with Crippen LogP contribution in [0.2, 0.25) is 0 Å². The van der Waals surface area contributed by atoms with Crippen molar-refractivity contribution in [3.8, 4) is 5.75 Å². The van der Waals surface area contributed by atoms with Gasteiger partial charge in [-0.1, -0.05) is 12.1 Å². The number of methoxy groups -OCH3 is 1. The van der Waals surface area contributed by atoms with Crippen LogP contribution in [0.5, 0.6) is 5.75 Å². The number of hydrogen-bond donors (Lipinski definition) is 2. The normalized spacial score (nSPS) is 12.7. The number of aryl methyl sites for hydroxylation is 1. The van der Waals surface area contributed by atoms with E-state index in [1.54, 1.807) is 31.2 Å². The number of nitrogens with zero attached hydrogens (tertiary/aromatic N) is 1. The molecule has 0 aliphatic rings. The van der Waals surface area contributed by atoms with Gasteiger partial charge in [0.2, 0.25) is 10.0 Å². The van der Waals surface area contributed by atoms with E-state index < -0.39 is 16.1 Å². The largest absolute Gasteiger partial charge is 0.497 e. The third kappa shape index (κ3) is 4.72. The van der Waals surface area contributed by atoms with Gasteiger partial charge in [-0.15, -0.1) is 0 Å². The second-order valence-electron chi connectivity index (χ2n) is 5.99. The highest BCUT2D eigenvalue weighted by atomic mass is 32.2. The highest BCUT2D eigenvalue weighted by molar-refractivity contribution is 7.89. The van der Waals surface area contributed by atoms with Gasteiger partial charge in [-0.25, -0.2) is 13.1 Å². The van der Waals surface area contributed by atoms with Crippen molar-refractivity contribution in [2.75, 3.05) is 32.6 Å². The molecule has 0 bridgehead atoms. The molecule has 6 nitrogen and oxygen atoms in total. The molecule has 2 aromatic rings.